The fourth-order valence-corrected chi connectivity index (χ4v) is 4.30. The maximum Gasteiger partial charge on any atom is 0.177 e. The molecule has 8 heteroatoms. The van der Waals surface area contributed by atoms with E-state index in [-0.39, 0.29) is 10.9 Å². The summed E-state index contributed by atoms with van der Waals surface area (Å²) in [6.45, 7) is 5.59. The van der Waals surface area contributed by atoms with Crippen molar-refractivity contribution >= 4 is 21.2 Å². The van der Waals surface area contributed by atoms with Crippen LogP contribution in [0.1, 0.15) is 18.5 Å². The van der Waals surface area contributed by atoms with Gasteiger partial charge in [0.15, 0.2) is 9.84 Å². The van der Waals surface area contributed by atoms with E-state index in [0.29, 0.717) is 17.2 Å². The zero-order chi connectivity index (χ0) is 21.0. The molecule has 0 aromatic heterocycles. The lowest BCUT2D eigenvalue weighted by Crippen LogP contribution is -2.43. The molecule has 0 saturated carbocycles. The fraction of sp³-hybridized carbons (Fsp3) is 0.429. The van der Waals surface area contributed by atoms with Gasteiger partial charge in [0.2, 0.25) is 0 Å². The third-order valence-electron chi connectivity index (χ3n) is 5.09. The molecule has 0 aliphatic carbocycles. The van der Waals surface area contributed by atoms with Crippen molar-refractivity contribution in [2.24, 2.45) is 0 Å². The van der Waals surface area contributed by atoms with E-state index in [9.17, 15) is 8.42 Å². The van der Waals surface area contributed by atoms with Gasteiger partial charge in [-0.15, -0.1) is 0 Å². The summed E-state index contributed by atoms with van der Waals surface area (Å²) in [6, 6.07) is 11.0. The Labute approximate surface area is 172 Å². The first-order valence-corrected chi connectivity index (χ1v) is 11.5. The number of anilines is 2. The molecule has 1 unspecified atom stereocenters. The standard InChI is InChI=1S/C21H29N3O4S/c1-15(16-11-18(27-2)14-19(12-16)28-3)23-20-13-17(24-9-7-22-8-10-24)5-6-21(20)29(4,25)26/h5-6,11-15,22-23H,7-10H2,1-4H3. The van der Waals surface area contributed by atoms with Crippen molar-refractivity contribution < 1.29 is 17.9 Å². The third-order valence-corrected chi connectivity index (χ3v) is 6.25. The van der Waals surface area contributed by atoms with Crippen molar-refractivity contribution in [3.05, 3.63) is 42.0 Å². The highest BCUT2D eigenvalue weighted by Crippen LogP contribution is 2.33. The molecular weight excluding hydrogens is 390 g/mol. The summed E-state index contributed by atoms with van der Waals surface area (Å²) in [4.78, 5) is 2.55. The fourth-order valence-electron chi connectivity index (χ4n) is 3.47. The molecule has 3 rings (SSSR count). The normalized spacial score (nSPS) is 15.7. The van der Waals surface area contributed by atoms with Crippen molar-refractivity contribution in [2.45, 2.75) is 17.9 Å². The van der Waals surface area contributed by atoms with Crippen LogP contribution in [0.25, 0.3) is 0 Å². The number of hydrogen-bond acceptors (Lipinski definition) is 7. The van der Waals surface area contributed by atoms with Crippen LogP contribution in [0.2, 0.25) is 0 Å². The quantitative estimate of drug-likeness (QED) is 0.714. The van der Waals surface area contributed by atoms with E-state index < -0.39 is 9.84 Å². The molecule has 29 heavy (non-hydrogen) atoms. The van der Waals surface area contributed by atoms with Crippen LogP contribution in [0.4, 0.5) is 11.4 Å². The Kier molecular flexibility index (Phi) is 6.54. The molecule has 2 aromatic rings. The Morgan fingerprint density at radius 2 is 1.66 bits per heavy atom. The second kappa shape index (κ2) is 8.92. The topological polar surface area (TPSA) is 79.9 Å². The molecule has 1 heterocycles. The summed E-state index contributed by atoms with van der Waals surface area (Å²) in [7, 11) is -0.164. The molecule has 0 radical (unpaired) electrons. The summed E-state index contributed by atoms with van der Waals surface area (Å²) < 4.78 is 35.4. The van der Waals surface area contributed by atoms with Gasteiger partial charge in [0.25, 0.3) is 0 Å². The number of hydrogen-bond donors (Lipinski definition) is 2. The molecule has 1 aliphatic rings. The molecule has 2 aromatic carbocycles. The number of methoxy groups -OCH3 is 2. The predicted molar refractivity (Wildman–Crippen MR) is 116 cm³/mol. The molecule has 1 fully saturated rings. The van der Waals surface area contributed by atoms with Gasteiger partial charge in [-0.3, -0.25) is 0 Å². The van der Waals surface area contributed by atoms with Crippen molar-refractivity contribution in [1.82, 2.24) is 5.32 Å². The van der Waals surface area contributed by atoms with Crippen LogP contribution in [0.5, 0.6) is 11.5 Å². The first-order chi connectivity index (χ1) is 13.8. The van der Waals surface area contributed by atoms with Crippen LogP contribution in [0.3, 0.4) is 0 Å². The second-order valence-electron chi connectivity index (χ2n) is 7.20. The number of nitrogens with zero attached hydrogens (tertiary/aromatic N) is 1. The number of ether oxygens (including phenoxy) is 2. The van der Waals surface area contributed by atoms with Gasteiger partial charge in [-0.25, -0.2) is 8.42 Å². The SMILES string of the molecule is COc1cc(OC)cc(C(C)Nc2cc(N3CCNCC3)ccc2S(C)(=O)=O)c1. The molecular formula is C21H29N3O4S. The summed E-state index contributed by atoms with van der Waals surface area (Å²) in [5.41, 5.74) is 2.54. The Balaban J connectivity index is 1.95. The van der Waals surface area contributed by atoms with E-state index in [1.165, 1.54) is 6.26 Å². The molecule has 0 amide bonds. The Morgan fingerprint density at radius 3 is 2.21 bits per heavy atom. The Bertz CT molecular complexity index is 934. The van der Waals surface area contributed by atoms with Crippen LogP contribution in [0, 0.1) is 0 Å². The van der Waals surface area contributed by atoms with Gasteiger partial charge < -0.3 is 25.0 Å². The highest BCUT2D eigenvalue weighted by atomic mass is 32.2. The molecule has 158 valence electrons. The summed E-state index contributed by atoms with van der Waals surface area (Å²) in [6.07, 6.45) is 1.23. The van der Waals surface area contributed by atoms with Gasteiger partial charge in [0, 0.05) is 50.2 Å². The molecule has 1 atom stereocenters. The zero-order valence-electron chi connectivity index (χ0n) is 17.4. The third kappa shape index (κ3) is 5.13. The Morgan fingerprint density at radius 1 is 1.03 bits per heavy atom. The lowest BCUT2D eigenvalue weighted by molar-refractivity contribution is 0.393. The Hall–Kier alpha value is -2.45. The van der Waals surface area contributed by atoms with Crippen LogP contribution in [-0.4, -0.2) is 55.1 Å². The van der Waals surface area contributed by atoms with Crippen LogP contribution < -0.4 is 25.0 Å². The highest BCUT2D eigenvalue weighted by Gasteiger charge is 2.19. The van der Waals surface area contributed by atoms with Gasteiger partial charge >= 0.3 is 0 Å². The van der Waals surface area contributed by atoms with E-state index in [0.717, 1.165) is 37.4 Å². The highest BCUT2D eigenvalue weighted by molar-refractivity contribution is 7.90. The minimum absolute atomic E-state index is 0.155. The van der Waals surface area contributed by atoms with E-state index in [1.807, 2.05) is 37.3 Å². The van der Waals surface area contributed by atoms with Gasteiger partial charge in [0.1, 0.15) is 11.5 Å². The van der Waals surface area contributed by atoms with Gasteiger partial charge in [-0.2, -0.15) is 0 Å². The predicted octanol–water partition coefficient (Wildman–Crippen LogP) is 2.69. The molecule has 7 nitrogen and oxygen atoms in total. The molecule has 1 saturated heterocycles. The maximum absolute atomic E-state index is 12.4. The number of sulfone groups is 1. The molecule has 1 aliphatic heterocycles. The summed E-state index contributed by atoms with van der Waals surface area (Å²) in [5, 5.41) is 6.72. The first kappa shape index (κ1) is 21.3. The van der Waals surface area contributed by atoms with Gasteiger partial charge in [-0.05, 0) is 42.8 Å². The number of benzene rings is 2. The maximum atomic E-state index is 12.4. The summed E-state index contributed by atoms with van der Waals surface area (Å²) in [5.74, 6) is 1.37. The van der Waals surface area contributed by atoms with Crippen LogP contribution >= 0.6 is 0 Å². The number of rotatable bonds is 7. The lowest BCUT2D eigenvalue weighted by Gasteiger charge is -2.30. The van der Waals surface area contributed by atoms with E-state index >= 15 is 0 Å². The van der Waals surface area contributed by atoms with Crippen molar-refractivity contribution in [3.8, 4) is 11.5 Å². The van der Waals surface area contributed by atoms with Crippen molar-refractivity contribution in [1.29, 1.82) is 0 Å². The minimum atomic E-state index is -3.38. The average Bonchev–Trinajstić information content (AvgIpc) is 2.73. The largest absolute Gasteiger partial charge is 0.497 e. The summed E-state index contributed by atoms with van der Waals surface area (Å²) >= 11 is 0. The second-order valence-corrected chi connectivity index (χ2v) is 9.19. The molecule has 0 spiro atoms. The van der Waals surface area contributed by atoms with E-state index in [1.54, 1.807) is 20.3 Å². The molecule has 2 N–H and O–H groups in total. The van der Waals surface area contributed by atoms with Crippen LogP contribution in [0.15, 0.2) is 41.3 Å². The number of nitrogens with one attached hydrogen (secondary N) is 2. The van der Waals surface area contributed by atoms with Crippen LogP contribution in [-0.2, 0) is 9.84 Å². The van der Waals surface area contributed by atoms with Gasteiger partial charge in [0.05, 0.1) is 24.8 Å². The average molecular weight is 420 g/mol. The molecule has 0 bridgehead atoms. The van der Waals surface area contributed by atoms with E-state index in [4.69, 9.17) is 9.47 Å². The van der Waals surface area contributed by atoms with Gasteiger partial charge in [-0.1, -0.05) is 0 Å². The monoisotopic (exact) mass is 419 g/mol. The van der Waals surface area contributed by atoms with Crippen molar-refractivity contribution in [3.63, 3.8) is 0 Å². The van der Waals surface area contributed by atoms with Crippen molar-refractivity contribution in [2.75, 3.05) is 56.9 Å². The minimum Gasteiger partial charge on any atom is -0.497 e. The smallest absolute Gasteiger partial charge is 0.177 e. The first-order valence-electron chi connectivity index (χ1n) is 9.61. The van der Waals surface area contributed by atoms with E-state index in [2.05, 4.69) is 15.5 Å². The lowest BCUT2D eigenvalue weighted by atomic mass is 10.1. The zero-order valence-corrected chi connectivity index (χ0v) is 18.2. The number of piperazine rings is 1.